The number of benzene rings is 2. The van der Waals surface area contributed by atoms with E-state index < -0.39 is 7.12 Å². The average molecular weight is 303 g/mol. The molecule has 0 radical (unpaired) electrons. The van der Waals surface area contributed by atoms with Gasteiger partial charge in [0.2, 0.25) is 0 Å². The maximum absolute atomic E-state index is 12.8. The van der Waals surface area contributed by atoms with Gasteiger partial charge in [0.15, 0.2) is 0 Å². The van der Waals surface area contributed by atoms with Crippen LogP contribution in [0, 0.1) is 5.82 Å². The standard InChI is InChI=1S/C16H19BFNO3/c1-12(11-22-15-8-6-14(18)7-9-15)19-10-13-4-2-3-5-16(13)17(20)21/h2-9,12,19-21H,10-11H2,1H3. The van der Waals surface area contributed by atoms with Crippen LogP contribution in [0.3, 0.4) is 0 Å². The molecule has 0 fully saturated rings. The minimum Gasteiger partial charge on any atom is -0.492 e. The zero-order valence-corrected chi connectivity index (χ0v) is 12.4. The molecule has 0 bridgehead atoms. The first-order valence-corrected chi connectivity index (χ1v) is 7.12. The first-order chi connectivity index (χ1) is 10.6. The van der Waals surface area contributed by atoms with E-state index in [2.05, 4.69) is 5.32 Å². The second kappa shape index (κ2) is 7.94. The third-order valence-corrected chi connectivity index (χ3v) is 3.29. The number of hydrogen-bond acceptors (Lipinski definition) is 4. The van der Waals surface area contributed by atoms with E-state index in [-0.39, 0.29) is 11.9 Å². The molecule has 0 amide bonds. The van der Waals surface area contributed by atoms with Gasteiger partial charge in [-0.3, -0.25) is 0 Å². The van der Waals surface area contributed by atoms with Gasteiger partial charge in [-0.1, -0.05) is 24.3 Å². The van der Waals surface area contributed by atoms with E-state index in [1.165, 1.54) is 12.1 Å². The summed E-state index contributed by atoms with van der Waals surface area (Å²) in [5.41, 5.74) is 1.31. The highest BCUT2D eigenvalue weighted by atomic mass is 19.1. The summed E-state index contributed by atoms with van der Waals surface area (Å²) in [4.78, 5) is 0. The molecule has 2 aromatic carbocycles. The second-order valence-corrected chi connectivity index (χ2v) is 5.12. The Hall–Kier alpha value is -1.89. The summed E-state index contributed by atoms with van der Waals surface area (Å²) in [5.74, 6) is 0.318. The first kappa shape index (κ1) is 16.5. The Morgan fingerprint density at radius 2 is 1.82 bits per heavy atom. The Morgan fingerprint density at radius 3 is 2.50 bits per heavy atom. The highest BCUT2D eigenvalue weighted by Crippen LogP contribution is 2.11. The van der Waals surface area contributed by atoms with Gasteiger partial charge in [-0.25, -0.2) is 4.39 Å². The molecule has 0 aliphatic carbocycles. The topological polar surface area (TPSA) is 61.7 Å². The Morgan fingerprint density at radius 1 is 1.14 bits per heavy atom. The molecule has 2 rings (SSSR count). The lowest BCUT2D eigenvalue weighted by molar-refractivity contribution is 0.272. The molecular weight excluding hydrogens is 284 g/mol. The predicted molar refractivity (Wildman–Crippen MR) is 84.5 cm³/mol. The lowest BCUT2D eigenvalue weighted by Gasteiger charge is -2.16. The summed E-state index contributed by atoms with van der Waals surface area (Å²) in [5, 5.41) is 21.9. The normalized spacial score (nSPS) is 12.0. The number of halogens is 1. The van der Waals surface area contributed by atoms with Crippen LogP contribution in [0.4, 0.5) is 4.39 Å². The molecule has 22 heavy (non-hydrogen) atoms. The van der Waals surface area contributed by atoms with E-state index in [0.717, 1.165) is 5.56 Å². The Balaban J connectivity index is 1.83. The number of ether oxygens (including phenoxy) is 1. The molecule has 0 aliphatic rings. The number of rotatable bonds is 7. The van der Waals surface area contributed by atoms with Gasteiger partial charge in [0.25, 0.3) is 0 Å². The highest BCUT2D eigenvalue weighted by Gasteiger charge is 2.15. The van der Waals surface area contributed by atoms with Crippen LogP contribution in [0.25, 0.3) is 0 Å². The van der Waals surface area contributed by atoms with Gasteiger partial charge in [-0.15, -0.1) is 0 Å². The number of nitrogens with one attached hydrogen (secondary N) is 1. The van der Waals surface area contributed by atoms with Crippen LogP contribution in [-0.4, -0.2) is 29.8 Å². The molecule has 0 aromatic heterocycles. The molecule has 1 atom stereocenters. The molecule has 2 aromatic rings. The lowest BCUT2D eigenvalue weighted by Crippen LogP contribution is -2.37. The Bertz CT molecular complexity index is 592. The van der Waals surface area contributed by atoms with Crippen molar-refractivity contribution in [3.8, 4) is 5.75 Å². The van der Waals surface area contributed by atoms with Crippen molar-refractivity contribution in [2.24, 2.45) is 0 Å². The monoisotopic (exact) mass is 303 g/mol. The van der Waals surface area contributed by atoms with Crippen LogP contribution >= 0.6 is 0 Å². The van der Waals surface area contributed by atoms with Crippen molar-refractivity contribution in [3.05, 3.63) is 59.9 Å². The highest BCUT2D eigenvalue weighted by molar-refractivity contribution is 6.59. The molecule has 3 N–H and O–H groups in total. The van der Waals surface area contributed by atoms with Crippen LogP contribution in [0.5, 0.6) is 5.75 Å². The quantitative estimate of drug-likeness (QED) is 0.670. The molecule has 4 nitrogen and oxygen atoms in total. The molecule has 116 valence electrons. The van der Waals surface area contributed by atoms with Gasteiger partial charge in [0.05, 0.1) is 0 Å². The zero-order chi connectivity index (χ0) is 15.9. The minimum atomic E-state index is -1.48. The van der Waals surface area contributed by atoms with Crippen LogP contribution in [0.2, 0.25) is 0 Å². The molecule has 0 aliphatic heterocycles. The van der Waals surface area contributed by atoms with E-state index in [9.17, 15) is 14.4 Å². The van der Waals surface area contributed by atoms with Gasteiger partial charge in [0, 0.05) is 12.6 Å². The van der Waals surface area contributed by atoms with E-state index in [1.807, 2.05) is 19.1 Å². The predicted octanol–water partition coefficient (Wildman–Crippen LogP) is 1.06. The van der Waals surface area contributed by atoms with Gasteiger partial charge in [-0.05, 0) is 42.2 Å². The molecule has 0 saturated heterocycles. The summed E-state index contributed by atoms with van der Waals surface area (Å²) < 4.78 is 18.3. The van der Waals surface area contributed by atoms with Crippen LogP contribution in [0.1, 0.15) is 12.5 Å². The van der Waals surface area contributed by atoms with Gasteiger partial charge in [0.1, 0.15) is 18.2 Å². The molecular formula is C16H19BFNO3. The van der Waals surface area contributed by atoms with Crippen molar-refractivity contribution in [2.75, 3.05) is 6.61 Å². The van der Waals surface area contributed by atoms with Crippen molar-refractivity contribution in [2.45, 2.75) is 19.5 Å². The van der Waals surface area contributed by atoms with Crippen molar-refractivity contribution in [1.29, 1.82) is 0 Å². The van der Waals surface area contributed by atoms with Gasteiger partial charge >= 0.3 is 7.12 Å². The van der Waals surface area contributed by atoms with E-state index in [4.69, 9.17) is 4.74 Å². The third-order valence-electron chi connectivity index (χ3n) is 3.29. The third kappa shape index (κ3) is 4.84. The fourth-order valence-corrected chi connectivity index (χ4v) is 2.04. The minimum absolute atomic E-state index is 0.0499. The molecule has 0 spiro atoms. The Labute approximate surface area is 129 Å². The first-order valence-electron chi connectivity index (χ1n) is 7.12. The van der Waals surface area contributed by atoms with Crippen molar-refractivity contribution < 1.29 is 19.2 Å². The van der Waals surface area contributed by atoms with Crippen molar-refractivity contribution >= 4 is 12.6 Å². The van der Waals surface area contributed by atoms with Gasteiger partial charge in [-0.2, -0.15) is 0 Å². The maximum Gasteiger partial charge on any atom is 0.488 e. The van der Waals surface area contributed by atoms with Crippen molar-refractivity contribution in [1.82, 2.24) is 5.32 Å². The molecule has 1 unspecified atom stereocenters. The van der Waals surface area contributed by atoms with Crippen LogP contribution in [-0.2, 0) is 6.54 Å². The molecule has 6 heteroatoms. The maximum atomic E-state index is 12.8. The largest absolute Gasteiger partial charge is 0.492 e. The molecule has 0 saturated carbocycles. The molecule has 0 heterocycles. The average Bonchev–Trinajstić information content (AvgIpc) is 2.52. The fourth-order valence-electron chi connectivity index (χ4n) is 2.04. The summed E-state index contributed by atoms with van der Waals surface area (Å²) in [7, 11) is -1.48. The van der Waals surface area contributed by atoms with E-state index in [0.29, 0.717) is 24.4 Å². The van der Waals surface area contributed by atoms with Crippen LogP contribution < -0.4 is 15.5 Å². The summed E-state index contributed by atoms with van der Waals surface area (Å²) in [6.45, 7) is 2.89. The summed E-state index contributed by atoms with van der Waals surface area (Å²) in [6.07, 6.45) is 0. The summed E-state index contributed by atoms with van der Waals surface area (Å²) >= 11 is 0. The SMILES string of the molecule is CC(COc1ccc(F)cc1)NCc1ccccc1B(O)O. The van der Waals surface area contributed by atoms with Crippen molar-refractivity contribution in [3.63, 3.8) is 0 Å². The zero-order valence-electron chi connectivity index (χ0n) is 12.4. The number of hydrogen-bond donors (Lipinski definition) is 3. The summed E-state index contributed by atoms with van der Waals surface area (Å²) in [6, 6.07) is 13.1. The van der Waals surface area contributed by atoms with Gasteiger partial charge < -0.3 is 20.1 Å². The Kier molecular flexibility index (Phi) is 5.95. The smallest absolute Gasteiger partial charge is 0.488 e. The van der Waals surface area contributed by atoms with E-state index in [1.54, 1.807) is 24.3 Å². The lowest BCUT2D eigenvalue weighted by atomic mass is 9.77. The van der Waals surface area contributed by atoms with Crippen LogP contribution in [0.15, 0.2) is 48.5 Å². The second-order valence-electron chi connectivity index (χ2n) is 5.12. The fraction of sp³-hybridized carbons (Fsp3) is 0.250. The van der Waals surface area contributed by atoms with E-state index >= 15 is 0 Å².